The van der Waals surface area contributed by atoms with Crippen LogP contribution >= 0.6 is 11.3 Å². The standard InChI is InChI=1S/C15H20N2S/c1-11-9-12(6-7-13(11)16)17-10-15(2,3)14-5-4-8-18-14/h4-9,17H,10,16H2,1-3H3. The minimum Gasteiger partial charge on any atom is -0.399 e. The van der Waals surface area contributed by atoms with Gasteiger partial charge in [0.05, 0.1) is 0 Å². The van der Waals surface area contributed by atoms with Crippen LogP contribution in [0.2, 0.25) is 0 Å². The predicted octanol–water partition coefficient (Wildman–Crippen LogP) is 4.03. The number of hydrogen-bond donors (Lipinski definition) is 2. The molecule has 0 unspecified atom stereocenters. The van der Waals surface area contributed by atoms with Crippen molar-refractivity contribution in [3.8, 4) is 0 Å². The number of nitrogens with one attached hydrogen (secondary N) is 1. The minimum atomic E-state index is 0.142. The molecule has 1 heterocycles. The molecular weight excluding hydrogens is 240 g/mol. The van der Waals surface area contributed by atoms with Crippen molar-refractivity contribution in [3.63, 3.8) is 0 Å². The highest BCUT2D eigenvalue weighted by atomic mass is 32.1. The smallest absolute Gasteiger partial charge is 0.0345 e. The highest BCUT2D eigenvalue weighted by Gasteiger charge is 2.21. The van der Waals surface area contributed by atoms with E-state index in [1.165, 1.54) is 4.88 Å². The average Bonchev–Trinajstić information content (AvgIpc) is 2.85. The Bertz CT molecular complexity index is 515. The Kier molecular flexibility index (Phi) is 3.62. The molecule has 96 valence electrons. The number of hydrogen-bond acceptors (Lipinski definition) is 3. The van der Waals surface area contributed by atoms with Crippen LogP contribution in [-0.4, -0.2) is 6.54 Å². The van der Waals surface area contributed by atoms with Crippen molar-refractivity contribution < 1.29 is 0 Å². The lowest BCUT2D eigenvalue weighted by molar-refractivity contribution is 0.569. The molecule has 2 nitrogen and oxygen atoms in total. The van der Waals surface area contributed by atoms with E-state index in [1.807, 2.05) is 30.4 Å². The van der Waals surface area contributed by atoms with Crippen molar-refractivity contribution in [2.45, 2.75) is 26.2 Å². The Morgan fingerprint density at radius 3 is 2.67 bits per heavy atom. The fraction of sp³-hybridized carbons (Fsp3) is 0.333. The molecular formula is C15H20N2S. The van der Waals surface area contributed by atoms with Gasteiger partial charge in [-0.1, -0.05) is 19.9 Å². The Hall–Kier alpha value is -1.48. The number of rotatable bonds is 4. The molecule has 2 rings (SSSR count). The molecule has 0 fully saturated rings. The van der Waals surface area contributed by atoms with Crippen molar-refractivity contribution in [1.82, 2.24) is 0 Å². The van der Waals surface area contributed by atoms with E-state index in [1.54, 1.807) is 0 Å². The summed E-state index contributed by atoms with van der Waals surface area (Å²) < 4.78 is 0. The lowest BCUT2D eigenvalue weighted by Crippen LogP contribution is -2.26. The second-order valence-electron chi connectivity index (χ2n) is 5.29. The first kappa shape index (κ1) is 13.0. The van der Waals surface area contributed by atoms with Gasteiger partial charge in [0.25, 0.3) is 0 Å². The summed E-state index contributed by atoms with van der Waals surface area (Å²) in [6.07, 6.45) is 0. The molecule has 0 bridgehead atoms. The molecule has 1 aromatic heterocycles. The fourth-order valence-corrected chi connectivity index (χ4v) is 2.71. The SMILES string of the molecule is Cc1cc(NCC(C)(C)c2cccs2)ccc1N. The first-order chi connectivity index (χ1) is 8.49. The lowest BCUT2D eigenvalue weighted by atomic mass is 9.91. The average molecular weight is 260 g/mol. The van der Waals surface area contributed by atoms with E-state index in [0.717, 1.165) is 23.5 Å². The van der Waals surface area contributed by atoms with Crippen molar-refractivity contribution in [1.29, 1.82) is 0 Å². The zero-order valence-corrected chi connectivity index (χ0v) is 12.0. The Balaban J connectivity index is 2.05. The third-order valence-corrected chi connectivity index (χ3v) is 4.43. The molecule has 0 saturated heterocycles. The van der Waals surface area contributed by atoms with Crippen LogP contribution in [0.3, 0.4) is 0 Å². The summed E-state index contributed by atoms with van der Waals surface area (Å²) in [6.45, 7) is 7.47. The monoisotopic (exact) mass is 260 g/mol. The molecule has 0 saturated carbocycles. The molecule has 3 N–H and O–H groups in total. The van der Waals surface area contributed by atoms with E-state index in [9.17, 15) is 0 Å². The van der Waals surface area contributed by atoms with Gasteiger partial charge in [-0.05, 0) is 42.1 Å². The molecule has 0 spiro atoms. The fourth-order valence-electron chi connectivity index (χ4n) is 1.86. The zero-order chi connectivity index (χ0) is 13.2. The molecule has 0 aliphatic rings. The van der Waals surface area contributed by atoms with E-state index >= 15 is 0 Å². The van der Waals surface area contributed by atoms with Crippen molar-refractivity contribution >= 4 is 22.7 Å². The molecule has 2 aromatic rings. The van der Waals surface area contributed by atoms with Gasteiger partial charge in [0.2, 0.25) is 0 Å². The largest absolute Gasteiger partial charge is 0.399 e. The van der Waals surface area contributed by atoms with Crippen LogP contribution in [0.5, 0.6) is 0 Å². The zero-order valence-electron chi connectivity index (χ0n) is 11.2. The number of nitrogen functional groups attached to an aromatic ring is 1. The summed E-state index contributed by atoms with van der Waals surface area (Å²) in [6, 6.07) is 10.4. The summed E-state index contributed by atoms with van der Waals surface area (Å²) in [4.78, 5) is 1.40. The van der Waals surface area contributed by atoms with Crippen molar-refractivity contribution in [2.75, 3.05) is 17.6 Å². The third-order valence-electron chi connectivity index (χ3n) is 3.19. The highest BCUT2D eigenvalue weighted by molar-refractivity contribution is 7.10. The molecule has 18 heavy (non-hydrogen) atoms. The van der Waals surface area contributed by atoms with Gasteiger partial charge in [-0.3, -0.25) is 0 Å². The molecule has 0 aliphatic heterocycles. The summed E-state index contributed by atoms with van der Waals surface area (Å²) in [5, 5.41) is 5.62. The van der Waals surface area contributed by atoms with Crippen LogP contribution in [0, 0.1) is 6.92 Å². The van der Waals surface area contributed by atoms with Gasteiger partial charge in [-0.2, -0.15) is 0 Å². The highest BCUT2D eigenvalue weighted by Crippen LogP contribution is 2.28. The first-order valence-corrected chi connectivity index (χ1v) is 7.01. The predicted molar refractivity (Wildman–Crippen MR) is 81.4 cm³/mol. The number of benzene rings is 1. The van der Waals surface area contributed by atoms with Gasteiger partial charge in [0, 0.05) is 28.2 Å². The topological polar surface area (TPSA) is 38.0 Å². The van der Waals surface area contributed by atoms with E-state index in [4.69, 9.17) is 5.73 Å². The van der Waals surface area contributed by atoms with Gasteiger partial charge in [0.15, 0.2) is 0 Å². The van der Waals surface area contributed by atoms with Gasteiger partial charge in [0.1, 0.15) is 0 Å². The lowest BCUT2D eigenvalue weighted by Gasteiger charge is -2.24. The molecule has 0 amide bonds. The molecule has 3 heteroatoms. The van der Waals surface area contributed by atoms with Gasteiger partial charge < -0.3 is 11.1 Å². The van der Waals surface area contributed by atoms with E-state index in [-0.39, 0.29) is 5.41 Å². The number of anilines is 2. The Morgan fingerprint density at radius 2 is 2.06 bits per heavy atom. The molecule has 0 radical (unpaired) electrons. The normalized spacial score (nSPS) is 11.5. The van der Waals surface area contributed by atoms with Crippen molar-refractivity contribution in [2.24, 2.45) is 0 Å². The molecule has 1 aromatic carbocycles. The number of aryl methyl sites for hydroxylation is 1. The molecule has 0 atom stereocenters. The van der Waals surface area contributed by atoms with Gasteiger partial charge in [-0.15, -0.1) is 11.3 Å². The van der Waals surface area contributed by atoms with Gasteiger partial charge >= 0.3 is 0 Å². The maximum atomic E-state index is 5.82. The first-order valence-electron chi connectivity index (χ1n) is 6.13. The second kappa shape index (κ2) is 5.02. The van der Waals surface area contributed by atoms with Gasteiger partial charge in [-0.25, -0.2) is 0 Å². The minimum absolute atomic E-state index is 0.142. The van der Waals surface area contributed by atoms with Crippen LogP contribution in [0.4, 0.5) is 11.4 Å². The van der Waals surface area contributed by atoms with E-state index in [0.29, 0.717) is 0 Å². The Morgan fingerprint density at radius 1 is 1.28 bits per heavy atom. The maximum Gasteiger partial charge on any atom is 0.0345 e. The maximum absolute atomic E-state index is 5.82. The summed E-state index contributed by atoms with van der Waals surface area (Å²) in [5.41, 5.74) is 9.06. The second-order valence-corrected chi connectivity index (χ2v) is 6.23. The number of nitrogens with two attached hydrogens (primary N) is 1. The number of thiophene rings is 1. The van der Waals surface area contributed by atoms with Crippen LogP contribution < -0.4 is 11.1 Å². The summed E-state index contributed by atoms with van der Waals surface area (Å²) in [5.74, 6) is 0. The third kappa shape index (κ3) is 2.85. The van der Waals surface area contributed by atoms with Crippen molar-refractivity contribution in [3.05, 3.63) is 46.2 Å². The quantitative estimate of drug-likeness (QED) is 0.815. The summed E-state index contributed by atoms with van der Waals surface area (Å²) >= 11 is 1.81. The van der Waals surface area contributed by atoms with E-state index < -0.39 is 0 Å². The van der Waals surface area contributed by atoms with Crippen LogP contribution in [0.25, 0.3) is 0 Å². The summed E-state index contributed by atoms with van der Waals surface area (Å²) in [7, 11) is 0. The van der Waals surface area contributed by atoms with Crippen LogP contribution in [-0.2, 0) is 5.41 Å². The van der Waals surface area contributed by atoms with Crippen LogP contribution in [0.1, 0.15) is 24.3 Å². The Labute approximate surface area is 113 Å². The molecule has 0 aliphatic carbocycles. The van der Waals surface area contributed by atoms with Crippen LogP contribution in [0.15, 0.2) is 35.7 Å². The van der Waals surface area contributed by atoms with E-state index in [2.05, 4.69) is 42.7 Å².